The van der Waals surface area contributed by atoms with Gasteiger partial charge in [0.1, 0.15) is 0 Å². The summed E-state index contributed by atoms with van der Waals surface area (Å²) in [6.07, 6.45) is -0.275. The molecule has 10 heteroatoms. The van der Waals surface area contributed by atoms with Crippen molar-refractivity contribution in [3.8, 4) is 6.07 Å². The molecule has 0 saturated carbocycles. The van der Waals surface area contributed by atoms with Crippen LogP contribution in [0.25, 0.3) is 0 Å². The van der Waals surface area contributed by atoms with Crippen LogP contribution in [0.5, 0.6) is 0 Å². The van der Waals surface area contributed by atoms with Crippen molar-refractivity contribution < 1.29 is 22.7 Å². The van der Waals surface area contributed by atoms with E-state index in [9.17, 15) is 13.2 Å². The Morgan fingerprint density at radius 3 is 2.34 bits per heavy atom. The Kier molecular flexibility index (Phi) is 9.15. The number of halogens is 1. The maximum absolute atomic E-state index is 13.1. The summed E-state index contributed by atoms with van der Waals surface area (Å²) < 4.78 is 38.7. The van der Waals surface area contributed by atoms with Crippen LogP contribution in [-0.4, -0.2) is 63.4 Å². The lowest BCUT2D eigenvalue weighted by atomic mass is 10.1. The summed E-state index contributed by atoms with van der Waals surface area (Å²) in [7, 11) is -2.34. The van der Waals surface area contributed by atoms with E-state index in [1.807, 2.05) is 42.5 Å². The van der Waals surface area contributed by atoms with Crippen molar-refractivity contribution in [2.75, 3.05) is 39.8 Å². The first-order valence-electron chi connectivity index (χ1n) is 12.1. The number of rotatable bonds is 9. The summed E-state index contributed by atoms with van der Waals surface area (Å²) in [6, 6.07) is 22.6. The van der Waals surface area contributed by atoms with Gasteiger partial charge in [-0.25, -0.2) is 13.2 Å². The summed E-state index contributed by atoms with van der Waals surface area (Å²) in [5, 5.41) is 9.75. The number of ether oxygens (including phenoxy) is 2. The van der Waals surface area contributed by atoms with Gasteiger partial charge in [-0.3, -0.25) is 4.90 Å². The van der Waals surface area contributed by atoms with E-state index >= 15 is 0 Å². The topological polar surface area (TPSA) is 99.9 Å². The van der Waals surface area contributed by atoms with Gasteiger partial charge >= 0.3 is 5.97 Å². The summed E-state index contributed by atoms with van der Waals surface area (Å²) >= 11 is 6.09. The van der Waals surface area contributed by atoms with Crippen molar-refractivity contribution in [1.82, 2.24) is 9.21 Å². The van der Waals surface area contributed by atoms with Gasteiger partial charge in [0.05, 0.1) is 41.9 Å². The number of nitriles is 1. The highest BCUT2D eigenvalue weighted by atomic mass is 35.5. The molecule has 198 valence electrons. The number of hydrogen-bond acceptors (Lipinski definition) is 7. The second kappa shape index (κ2) is 12.5. The Balaban J connectivity index is 1.41. The van der Waals surface area contributed by atoms with Gasteiger partial charge in [0.15, 0.2) is 0 Å². The largest absolute Gasteiger partial charge is 0.465 e. The Labute approximate surface area is 228 Å². The molecule has 0 spiro atoms. The van der Waals surface area contributed by atoms with Crippen LogP contribution in [0.15, 0.2) is 77.7 Å². The molecule has 1 aliphatic rings. The maximum Gasteiger partial charge on any atom is 0.337 e. The first-order valence-corrected chi connectivity index (χ1v) is 13.9. The van der Waals surface area contributed by atoms with E-state index in [2.05, 4.69) is 4.90 Å². The second-order valence-electron chi connectivity index (χ2n) is 8.88. The van der Waals surface area contributed by atoms with Gasteiger partial charge in [0, 0.05) is 37.7 Å². The number of carbonyl (C=O) groups excluding carboxylic acids is 1. The molecule has 1 atom stereocenters. The third-order valence-corrected chi connectivity index (χ3v) is 8.57. The Bertz CT molecular complexity index is 1400. The van der Waals surface area contributed by atoms with Crippen molar-refractivity contribution in [3.63, 3.8) is 0 Å². The van der Waals surface area contributed by atoms with Crippen LogP contribution < -0.4 is 0 Å². The SMILES string of the molecule is COC(=O)c1ccc(COC(CN2CCN(S(=O)(=O)c3cccc(C#N)c3)CC2)c2ccc(Cl)cc2)cc1. The number of benzene rings is 3. The molecule has 0 radical (unpaired) electrons. The monoisotopic (exact) mass is 553 g/mol. The third-order valence-electron chi connectivity index (χ3n) is 6.42. The molecule has 0 aliphatic carbocycles. The molecule has 1 saturated heterocycles. The van der Waals surface area contributed by atoms with Crippen LogP contribution in [0.3, 0.4) is 0 Å². The van der Waals surface area contributed by atoms with Gasteiger partial charge in [-0.05, 0) is 53.6 Å². The van der Waals surface area contributed by atoms with E-state index in [0.29, 0.717) is 55.5 Å². The Morgan fingerprint density at radius 1 is 1.03 bits per heavy atom. The zero-order valence-corrected chi connectivity index (χ0v) is 22.5. The lowest BCUT2D eigenvalue weighted by Crippen LogP contribution is -2.49. The molecule has 1 aliphatic heterocycles. The molecule has 0 N–H and O–H groups in total. The quantitative estimate of drug-likeness (QED) is 0.365. The molecule has 0 aromatic heterocycles. The molecule has 4 rings (SSSR count). The molecule has 1 unspecified atom stereocenters. The van der Waals surface area contributed by atoms with Crippen LogP contribution in [0.1, 0.15) is 33.2 Å². The normalized spacial score (nSPS) is 15.5. The van der Waals surface area contributed by atoms with Crippen molar-refractivity contribution >= 4 is 27.6 Å². The standard InChI is InChI=1S/C28H28ClN3O5S/c1-36-28(33)24-7-5-21(6-8-24)20-37-27(23-9-11-25(29)12-10-23)19-31-13-15-32(16-14-31)38(34,35)26-4-2-3-22(17-26)18-30/h2-12,17,27H,13-16,19-20H2,1H3. The van der Waals surface area contributed by atoms with Crippen molar-refractivity contribution in [2.45, 2.75) is 17.6 Å². The van der Waals surface area contributed by atoms with Crippen molar-refractivity contribution in [1.29, 1.82) is 5.26 Å². The van der Waals surface area contributed by atoms with Gasteiger partial charge in [0.25, 0.3) is 0 Å². The lowest BCUT2D eigenvalue weighted by molar-refractivity contribution is 0.00771. The van der Waals surface area contributed by atoms with E-state index in [1.165, 1.54) is 23.5 Å². The van der Waals surface area contributed by atoms with Gasteiger partial charge in [-0.2, -0.15) is 9.57 Å². The molecule has 3 aromatic rings. The van der Waals surface area contributed by atoms with Gasteiger partial charge in [-0.15, -0.1) is 0 Å². The molecule has 1 heterocycles. The number of nitrogens with zero attached hydrogens (tertiary/aromatic N) is 3. The van der Waals surface area contributed by atoms with Crippen LogP contribution in [-0.2, 0) is 26.1 Å². The molecule has 0 bridgehead atoms. The van der Waals surface area contributed by atoms with E-state index < -0.39 is 16.0 Å². The molecular weight excluding hydrogens is 526 g/mol. The number of methoxy groups -OCH3 is 1. The van der Waals surface area contributed by atoms with E-state index in [0.717, 1.165) is 11.1 Å². The molecule has 1 fully saturated rings. The average Bonchev–Trinajstić information content (AvgIpc) is 2.96. The molecule has 3 aromatic carbocycles. The van der Waals surface area contributed by atoms with E-state index in [4.69, 9.17) is 26.3 Å². The van der Waals surface area contributed by atoms with E-state index in [1.54, 1.807) is 24.3 Å². The number of esters is 1. The lowest BCUT2D eigenvalue weighted by Gasteiger charge is -2.36. The Morgan fingerprint density at radius 2 is 1.71 bits per heavy atom. The zero-order chi connectivity index (χ0) is 27.1. The highest BCUT2D eigenvalue weighted by Gasteiger charge is 2.30. The highest BCUT2D eigenvalue weighted by Crippen LogP contribution is 2.25. The van der Waals surface area contributed by atoms with Gasteiger partial charge in [-0.1, -0.05) is 41.9 Å². The minimum atomic E-state index is -3.68. The van der Waals surface area contributed by atoms with Crippen LogP contribution in [0.4, 0.5) is 0 Å². The predicted molar refractivity (Wildman–Crippen MR) is 143 cm³/mol. The molecule has 8 nitrogen and oxygen atoms in total. The number of carbonyl (C=O) groups is 1. The van der Waals surface area contributed by atoms with Crippen molar-refractivity contribution in [3.05, 3.63) is 100 Å². The first kappa shape index (κ1) is 27.8. The van der Waals surface area contributed by atoms with Crippen LogP contribution in [0.2, 0.25) is 5.02 Å². The smallest absolute Gasteiger partial charge is 0.337 e. The van der Waals surface area contributed by atoms with Gasteiger partial charge < -0.3 is 9.47 Å². The maximum atomic E-state index is 13.1. The van der Waals surface area contributed by atoms with E-state index in [-0.39, 0.29) is 11.0 Å². The molecule has 0 amide bonds. The predicted octanol–water partition coefficient (Wildman–Crippen LogP) is 4.26. The first-order chi connectivity index (χ1) is 18.3. The minimum Gasteiger partial charge on any atom is -0.465 e. The number of piperazine rings is 1. The fourth-order valence-corrected chi connectivity index (χ4v) is 5.84. The van der Waals surface area contributed by atoms with Crippen molar-refractivity contribution in [2.24, 2.45) is 0 Å². The highest BCUT2D eigenvalue weighted by molar-refractivity contribution is 7.89. The summed E-state index contributed by atoms with van der Waals surface area (Å²) in [5.41, 5.74) is 2.65. The number of hydrogen-bond donors (Lipinski definition) is 0. The zero-order valence-electron chi connectivity index (χ0n) is 20.9. The summed E-state index contributed by atoms with van der Waals surface area (Å²) in [6.45, 7) is 2.65. The second-order valence-corrected chi connectivity index (χ2v) is 11.3. The Hall–Kier alpha value is -3.26. The summed E-state index contributed by atoms with van der Waals surface area (Å²) in [4.78, 5) is 14.0. The summed E-state index contributed by atoms with van der Waals surface area (Å²) in [5.74, 6) is -0.393. The molecule has 38 heavy (non-hydrogen) atoms. The molecular formula is C28H28ClN3O5S. The van der Waals surface area contributed by atoms with Crippen LogP contribution in [0, 0.1) is 11.3 Å². The number of sulfonamides is 1. The van der Waals surface area contributed by atoms with Crippen LogP contribution >= 0.6 is 11.6 Å². The third kappa shape index (κ3) is 6.78. The van der Waals surface area contributed by atoms with Gasteiger partial charge in [0.2, 0.25) is 10.0 Å². The fourth-order valence-electron chi connectivity index (χ4n) is 4.25. The average molecular weight is 554 g/mol. The fraction of sp³-hybridized carbons (Fsp3) is 0.286. The minimum absolute atomic E-state index is 0.130.